The van der Waals surface area contributed by atoms with E-state index in [1.165, 1.54) is 18.4 Å². The lowest BCUT2D eigenvalue weighted by atomic mass is 10.1. The van der Waals surface area contributed by atoms with Crippen molar-refractivity contribution < 1.29 is 8.42 Å². The summed E-state index contributed by atoms with van der Waals surface area (Å²) in [5, 5.41) is 0.636. The second-order valence-corrected chi connectivity index (χ2v) is 12.0. The van der Waals surface area contributed by atoms with Gasteiger partial charge in [0.05, 0.1) is 21.7 Å². The molecule has 1 aliphatic rings. The van der Waals surface area contributed by atoms with Crippen LogP contribution in [0.2, 0.25) is 5.02 Å². The van der Waals surface area contributed by atoms with Gasteiger partial charge in [0.1, 0.15) is 0 Å². The van der Waals surface area contributed by atoms with Crippen molar-refractivity contribution in [1.29, 1.82) is 0 Å². The van der Waals surface area contributed by atoms with Crippen LogP contribution in [0.5, 0.6) is 0 Å². The molecule has 2 heterocycles. The number of aromatic nitrogens is 1. The van der Waals surface area contributed by atoms with Crippen molar-refractivity contribution >= 4 is 43.2 Å². The molecule has 9 heteroatoms. The zero-order valence-corrected chi connectivity index (χ0v) is 21.5. The summed E-state index contributed by atoms with van der Waals surface area (Å²) in [6, 6.07) is 20.2. The Balaban J connectivity index is 1.28. The van der Waals surface area contributed by atoms with Gasteiger partial charge in [0, 0.05) is 18.1 Å². The zero-order chi connectivity index (χ0) is 24.4. The average Bonchev–Trinajstić information content (AvgIpc) is 3.47. The number of hydrogen-bond donors (Lipinski definition) is 1. The number of fused-ring (bicyclic) bond motifs is 1. The molecule has 0 radical (unpaired) electrons. The summed E-state index contributed by atoms with van der Waals surface area (Å²) in [6.07, 6.45) is 2.52. The standard InChI is InChI=1S/C26H26ClN3O3S2/c27-22-9-7-21(8-10-22)18-30-24-12-11-23(15-25(24)34-26(30)31)35(32,33)28-16-19-3-5-20(6-4-19)17-29-13-1-2-14-29/h3-12,15,28H,1-2,13-14,16-18H2. The molecule has 182 valence electrons. The van der Waals surface area contributed by atoms with Crippen molar-refractivity contribution in [2.24, 2.45) is 0 Å². The van der Waals surface area contributed by atoms with Gasteiger partial charge >= 0.3 is 4.87 Å². The second-order valence-electron chi connectivity index (χ2n) is 8.83. The highest BCUT2D eigenvalue weighted by Crippen LogP contribution is 2.23. The van der Waals surface area contributed by atoms with Gasteiger partial charge in [-0.05, 0) is 73.0 Å². The van der Waals surface area contributed by atoms with Crippen LogP contribution in [0.4, 0.5) is 0 Å². The number of likely N-dealkylation sites (tertiary alicyclic amines) is 1. The number of nitrogens with zero attached hydrogens (tertiary/aromatic N) is 2. The fourth-order valence-electron chi connectivity index (χ4n) is 4.36. The lowest BCUT2D eigenvalue weighted by Crippen LogP contribution is -2.23. The fraction of sp³-hybridized carbons (Fsp3) is 0.269. The van der Waals surface area contributed by atoms with Crippen molar-refractivity contribution in [3.05, 3.63) is 98.1 Å². The molecule has 0 saturated carbocycles. The molecule has 0 aliphatic carbocycles. The van der Waals surface area contributed by atoms with Gasteiger partial charge in [-0.1, -0.05) is 59.3 Å². The van der Waals surface area contributed by atoms with Crippen molar-refractivity contribution in [2.75, 3.05) is 13.1 Å². The molecule has 1 aromatic heterocycles. The van der Waals surface area contributed by atoms with Gasteiger partial charge in [-0.3, -0.25) is 14.3 Å². The second kappa shape index (κ2) is 10.2. The number of rotatable bonds is 8. The summed E-state index contributed by atoms with van der Waals surface area (Å²) in [5.41, 5.74) is 3.80. The van der Waals surface area contributed by atoms with Gasteiger partial charge in [0.15, 0.2) is 0 Å². The van der Waals surface area contributed by atoms with E-state index in [0.29, 0.717) is 21.8 Å². The van der Waals surface area contributed by atoms with Gasteiger partial charge in [-0.15, -0.1) is 0 Å². The van der Waals surface area contributed by atoms with E-state index >= 15 is 0 Å². The third-order valence-electron chi connectivity index (χ3n) is 6.30. The van der Waals surface area contributed by atoms with Crippen LogP contribution >= 0.6 is 22.9 Å². The molecule has 5 rings (SSSR count). The van der Waals surface area contributed by atoms with E-state index in [1.54, 1.807) is 34.9 Å². The van der Waals surface area contributed by atoms with E-state index in [-0.39, 0.29) is 16.3 Å². The molecule has 35 heavy (non-hydrogen) atoms. The highest BCUT2D eigenvalue weighted by Gasteiger charge is 2.17. The Morgan fingerprint density at radius 3 is 2.20 bits per heavy atom. The van der Waals surface area contributed by atoms with Crippen molar-refractivity contribution in [3.8, 4) is 0 Å². The molecule has 0 bridgehead atoms. The Bertz CT molecular complexity index is 1490. The maximum atomic E-state index is 13.0. The summed E-state index contributed by atoms with van der Waals surface area (Å²) in [5.74, 6) is 0. The predicted molar refractivity (Wildman–Crippen MR) is 142 cm³/mol. The molecule has 3 aromatic carbocycles. The Morgan fingerprint density at radius 2 is 1.49 bits per heavy atom. The minimum Gasteiger partial charge on any atom is -0.299 e. The molecule has 4 aromatic rings. The maximum Gasteiger partial charge on any atom is 0.308 e. The first kappa shape index (κ1) is 24.2. The highest BCUT2D eigenvalue weighted by atomic mass is 35.5. The van der Waals surface area contributed by atoms with Gasteiger partial charge in [0.25, 0.3) is 0 Å². The highest BCUT2D eigenvalue weighted by molar-refractivity contribution is 7.89. The van der Waals surface area contributed by atoms with Crippen LogP contribution in [-0.2, 0) is 29.7 Å². The third kappa shape index (κ3) is 5.68. The number of thiazole rings is 1. The monoisotopic (exact) mass is 527 g/mol. The minimum absolute atomic E-state index is 0.133. The Morgan fingerprint density at radius 1 is 0.857 bits per heavy atom. The van der Waals surface area contributed by atoms with Crippen molar-refractivity contribution in [3.63, 3.8) is 0 Å². The molecule has 1 saturated heterocycles. The summed E-state index contributed by atoms with van der Waals surface area (Å²) < 4.78 is 30.9. The Hall–Kier alpha value is -2.49. The molecule has 6 nitrogen and oxygen atoms in total. The summed E-state index contributed by atoms with van der Waals surface area (Å²) in [6.45, 7) is 3.83. The first-order valence-corrected chi connectivity index (χ1v) is 14.2. The van der Waals surface area contributed by atoms with Crippen LogP contribution in [0.15, 0.2) is 76.4 Å². The molecule has 1 fully saturated rings. The van der Waals surface area contributed by atoms with Crippen molar-refractivity contribution in [2.45, 2.75) is 37.4 Å². The van der Waals surface area contributed by atoms with Crippen LogP contribution in [-0.4, -0.2) is 31.0 Å². The molecule has 1 aliphatic heterocycles. The third-order valence-corrected chi connectivity index (χ3v) is 8.89. The number of hydrogen-bond acceptors (Lipinski definition) is 5. The number of benzene rings is 3. The van der Waals surface area contributed by atoms with E-state index in [0.717, 1.165) is 42.1 Å². The summed E-state index contributed by atoms with van der Waals surface area (Å²) >= 11 is 7.00. The molecule has 0 unspecified atom stereocenters. The lowest BCUT2D eigenvalue weighted by molar-refractivity contribution is 0.331. The minimum atomic E-state index is -3.72. The van der Waals surface area contributed by atoms with Crippen LogP contribution in [0, 0.1) is 0 Å². The van der Waals surface area contributed by atoms with E-state index < -0.39 is 10.0 Å². The van der Waals surface area contributed by atoms with Crippen LogP contribution < -0.4 is 9.60 Å². The van der Waals surface area contributed by atoms with Crippen LogP contribution in [0.1, 0.15) is 29.5 Å². The molecule has 0 spiro atoms. The van der Waals surface area contributed by atoms with E-state index in [2.05, 4.69) is 21.8 Å². The molecular weight excluding hydrogens is 502 g/mol. The van der Waals surface area contributed by atoms with Gasteiger partial charge in [0.2, 0.25) is 10.0 Å². The zero-order valence-electron chi connectivity index (χ0n) is 19.1. The number of sulfonamides is 1. The fourth-order valence-corrected chi connectivity index (χ4v) is 6.53. The molecule has 1 N–H and O–H groups in total. The predicted octanol–water partition coefficient (Wildman–Crippen LogP) is 4.84. The van der Waals surface area contributed by atoms with Gasteiger partial charge < -0.3 is 0 Å². The number of nitrogens with one attached hydrogen (secondary N) is 1. The maximum absolute atomic E-state index is 13.0. The molecule has 0 atom stereocenters. The largest absolute Gasteiger partial charge is 0.308 e. The summed E-state index contributed by atoms with van der Waals surface area (Å²) in [7, 11) is -3.72. The SMILES string of the molecule is O=c1sc2cc(S(=O)(=O)NCc3ccc(CN4CCCC4)cc3)ccc2n1Cc1ccc(Cl)cc1. The molecular formula is C26H26ClN3O3S2. The van der Waals surface area contributed by atoms with Gasteiger partial charge in [-0.25, -0.2) is 13.1 Å². The smallest absolute Gasteiger partial charge is 0.299 e. The molecule has 0 amide bonds. The Kier molecular flexibility index (Phi) is 7.09. The number of halogens is 1. The first-order chi connectivity index (χ1) is 16.9. The van der Waals surface area contributed by atoms with Gasteiger partial charge in [-0.2, -0.15) is 0 Å². The van der Waals surface area contributed by atoms with E-state index in [4.69, 9.17) is 11.6 Å². The van der Waals surface area contributed by atoms with E-state index in [1.807, 2.05) is 24.3 Å². The van der Waals surface area contributed by atoms with Crippen molar-refractivity contribution in [1.82, 2.24) is 14.2 Å². The topological polar surface area (TPSA) is 71.4 Å². The lowest BCUT2D eigenvalue weighted by Gasteiger charge is -2.14. The van der Waals surface area contributed by atoms with Crippen LogP contribution in [0.25, 0.3) is 10.2 Å². The summed E-state index contributed by atoms with van der Waals surface area (Å²) in [4.78, 5) is 15.1. The van der Waals surface area contributed by atoms with Crippen LogP contribution in [0.3, 0.4) is 0 Å². The average molecular weight is 528 g/mol. The normalized spacial score (nSPS) is 14.7. The Labute approximate surface area is 213 Å². The van der Waals surface area contributed by atoms with E-state index in [9.17, 15) is 13.2 Å². The first-order valence-electron chi connectivity index (χ1n) is 11.6. The quantitative estimate of drug-likeness (QED) is 0.356.